The molecule has 0 aliphatic rings. The molecule has 0 radical (unpaired) electrons. The highest BCUT2D eigenvalue weighted by Crippen LogP contribution is 2.07. The van der Waals surface area contributed by atoms with Gasteiger partial charge in [-0.25, -0.2) is 9.97 Å². The maximum absolute atomic E-state index is 5.60. The molecule has 3 N–H and O–H groups in total. The lowest BCUT2D eigenvalue weighted by atomic mass is 10.1. The van der Waals surface area contributed by atoms with Crippen molar-refractivity contribution in [3.05, 3.63) is 52.8 Å². The van der Waals surface area contributed by atoms with Gasteiger partial charge in [0.25, 0.3) is 0 Å². The number of thiocarbonyl (C=S) groups is 1. The van der Waals surface area contributed by atoms with Gasteiger partial charge < -0.3 is 11.1 Å². The molecule has 0 unspecified atom stereocenters. The zero-order valence-electron chi connectivity index (χ0n) is 11.7. The third-order valence-corrected chi connectivity index (χ3v) is 3.10. The van der Waals surface area contributed by atoms with E-state index in [1.807, 2.05) is 6.92 Å². The number of nitrogens with zero attached hydrogens (tertiary/aromatic N) is 2. The van der Waals surface area contributed by atoms with Crippen LogP contribution in [0.5, 0.6) is 0 Å². The molecular formula is C15H18N4S. The quantitative estimate of drug-likeness (QED) is 0.826. The number of hydrogen-bond acceptors (Lipinski definition) is 4. The van der Waals surface area contributed by atoms with Crippen molar-refractivity contribution in [3.8, 4) is 0 Å². The second kappa shape index (κ2) is 6.43. The SMILES string of the molecule is Cc1cccc(CCNc2nc(C)cc(C(N)=S)n2)c1. The van der Waals surface area contributed by atoms with Crippen LogP contribution in [0.3, 0.4) is 0 Å². The molecule has 2 rings (SSSR count). The van der Waals surface area contributed by atoms with Gasteiger partial charge in [0.2, 0.25) is 5.95 Å². The van der Waals surface area contributed by atoms with Gasteiger partial charge in [-0.3, -0.25) is 0 Å². The van der Waals surface area contributed by atoms with Crippen LogP contribution >= 0.6 is 12.2 Å². The van der Waals surface area contributed by atoms with Gasteiger partial charge in [0.1, 0.15) is 10.7 Å². The van der Waals surface area contributed by atoms with Crippen LogP contribution in [-0.2, 0) is 6.42 Å². The topological polar surface area (TPSA) is 63.8 Å². The van der Waals surface area contributed by atoms with E-state index in [0.717, 1.165) is 18.7 Å². The van der Waals surface area contributed by atoms with E-state index in [1.54, 1.807) is 6.07 Å². The lowest BCUT2D eigenvalue weighted by Gasteiger charge is -2.08. The van der Waals surface area contributed by atoms with E-state index in [0.29, 0.717) is 11.6 Å². The van der Waals surface area contributed by atoms with E-state index < -0.39 is 0 Å². The first kappa shape index (κ1) is 14.4. The fraction of sp³-hybridized carbons (Fsp3) is 0.267. The predicted molar refractivity (Wildman–Crippen MR) is 86.0 cm³/mol. The van der Waals surface area contributed by atoms with Gasteiger partial charge in [-0.15, -0.1) is 0 Å². The molecule has 0 atom stereocenters. The number of hydrogen-bond donors (Lipinski definition) is 2. The van der Waals surface area contributed by atoms with E-state index in [1.165, 1.54) is 11.1 Å². The summed E-state index contributed by atoms with van der Waals surface area (Å²) in [5.74, 6) is 0.570. The van der Waals surface area contributed by atoms with E-state index >= 15 is 0 Å². The van der Waals surface area contributed by atoms with Crippen LogP contribution in [0, 0.1) is 13.8 Å². The first-order chi connectivity index (χ1) is 9.54. The van der Waals surface area contributed by atoms with Gasteiger partial charge in [0, 0.05) is 12.2 Å². The number of nitrogens with one attached hydrogen (secondary N) is 1. The van der Waals surface area contributed by atoms with Crippen molar-refractivity contribution >= 4 is 23.2 Å². The van der Waals surface area contributed by atoms with Crippen molar-refractivity contribution in [1.29, 1.82) is 0 Å². The Kier molecular flexibility index (Phi) is 4.63. The Labute approximate surface area is 124 Å². The number of aromatic nitrogens is 2. The number of nitrogens with two attached hydrogens (primary N) is 1. The molecule has 0 spiro atoms. The van der Waals surface area contributed by atoms with Gasteiger partial charge >= 0.3 is 0 Å². The van der Waals surface area contributed by atoms with E-state index in [-0.39, 0.29) is 4.99 Å². The molecule has 20 heavy (non-hydrogen) atoms. The maximum Gasteiger partial charge on any atom is 0.223 e. The molecule has 1 heterocycles. The van der Waals surface area contributed by atoms with Crippen molar-refractivity contribution in [1.82, 2.24) is 9.97 Å². The Balaban J connectivity index is 1.99. The van der Waals surface area contributed by atoms with Crippen molar-refractivity contribution in [2.75, 3.05) is 11.9 Å². The molecule has 0 amide bonds. The van der Waals surface area contributed by atoms with Gasteiger partial charge in [-0.2, -0.15) is 0 Å². The average molecular weight is 286 g/mol. The normalized spacial score (nSPS) is 10.3. The van der Waals surface area contributed by atoms with Crippen LogP contribution in [0.25, 0.3) is 0 Å². The standard InChI is InChI=1S/C15H18N4S/c1-10-4-3-5-12(8-10)6-7-17-15-18-11(2)9-13(19-15)14(16)20/h3-5,8-9H,6-7H2,1-2H3,(H2,16,20)(H,17,18,19). The summed E-state index contributed by atoms with van der Waals surface area (Å²) in [6, 6.07) is 10.2. The smallest absolute Gasteiger partial charge is 0.223 e. The zero-order chi connectivity index (χ0) is 14.5. The van der Waals surface area contributed by atoms with Crippen LogP contribution in [0.4, 0.5) is 5.95 Å². The van der Waals surface area contributed by atoms with Crippen molar-refractivity contribution < 1.29 is 0 Å². The summed E-state index contributed by atoms with van der Waals surface area (Å²) in [7, 11) is 0. The maximum atomic E-state index is 5.60. The minimum atomic E-state index is 0.289. The highest BCUT2D eigenvalue weighted by atomic mass is 32.1. The molecule has 4 nitrogen and oxygen atoms in total. The monoisotopic (exact) mass is 286 g/mol. The lowest BCUT2D eigenvalue weighted by Crippen LogP contribution is -2.15. The number of anilines is 1. The second-order valence-electron chi connectivity index (χ2n) is 4.75. The summed E-state index contributed by atoms with van der Waals surface area (Å²) in [6.07, 6.45) is 0.918. The summed E-state index contributed by atoms with van der Waals surface area (Å²) in [6.45, 7) is 4.76. The van der Waals surface area contributed by atoms with Gasteiger partial charge in [0.15, 0.2) is 0 Å². The minimum absolute atomic E-state index is 0.289. The molecule has 0 bridgehead atoms. The third-order valence-electron chi connectivity index (χ3n) is 2.89. The fourth-order valence-electron chi connectivity index (χ4n) is 1.96. The zero-order valence-corrected chi connectivity index (χ0v) is 12.5. The van der Waals surface area contributed by atoms with Crippen LogP contribution in [0.15, 0.2) is 30.3 Å². The van der Waals surface area contributed by atoms with Crippen LogP contribution < -0.4 is 11.1 Å². The van der Waals surface area contributed by atoms with Crippen molar-refractivity contribution in [3.63, 3.8) is 0 Å². The summed E-state index contributed by atoms with van der Waals surface area (Å²) < 4.78 is 0. The number of aryl methyl sites for hydroxylation is 2. The van der Waals surface area contributed by atoms with Crippen LogP contribution in [-0.4, -0.2) is 21.5 Å². The molecule has 5 heteroatoms. The van der Waals surface area contributed by atoms with Gasteiger partial charge in [-0.05, 0) is 31.9 Å². The molecule has 0 fully saturated rings. The molecule has 0 saturated carbocycles. The van der Waals surface area contributed by atoms with E-state index in [9.17, 15) is 0 Å². The molecule has 0 aliphatic heterocycles. The third kappa shape index (κ3) is 3.99. The number of benzene rings is 1. The second-order valence-corrected chi connectivity index (χ2v) is 5.19. The lowest BCUT2D eigenvalue weighted by molar-refractivity contribution is 0.970. The minimum Gasteiger partial charge on any atom is -0.388 e. The summed E-state index contributed by atoms with van der Waals surface area (Å²) in [5, 5.41) is 3.21. The van der Waals surface area contributed by atoms with E-state index in [2.05, 4.69) is 46.5 Å². The Morgan fingerprint density at radius 1 is 1.25 bits per heavy atom. The predicted octanol–water partition coefficient (Wildman–Crippen LogP) is 2.38. The summed E-state index contributed by atoms with van der Waals surface area (Å²) in [4.78, 5) is 8.91. The average Bonchev–Trinajstić information content (AvgIpc) is 2.38. The molecular weight excluding hydrogens is 268 g/mol. The Morgan fingerprint density at radius 2 is 2.05 bits per heavy atom. The molecule has 104 valence electrons. The molecule has 0 saturated heterocycles. The first-order valence-electron chi connectivity index (χ1n) is 6.49. The first-order valence-corrected chi connectivity index (χ1v) is 6.90. The Hall–Kier alpha value is -2.01. The highest BCUT2D eigenvalue weighted by molar-refractivity contribution is 7.80. The largest absolute Gasteiger partial charge is 0.388 e. The van der Waals surface area contributed by atoms with Gasteiger partial charge in [-0.1, -0.05) is 42.0 Å². The van der Waals surface area contributed by atoms with Crippen molar-refractivity contribution in [2.45, 2.75) is 20.3 Å². The highest BCUT2D eigenvalue weighted by Gasteiger charge is 2.04. The van der Waals surface area contributed by atoms with Crippen molar-refractivity contribution in [2.24, 2.45) is 5.73 Å². The van der Waals surface area contributed by atoms with Crippen LogP contribution in [0.2, 0.25) is 0 Å². The summed E-state index contributed by atoms with van der Waals surface area (Å²) in [5.41, 5.74) is 9.61. The molecule has 2 aromatic rings. The Bertz CT molecular complexity index is 625. The number of rotatable bonds is 5. The van der Waals surface area contributed by atoms with E-state index in [4.69, 9.17) is 18.0 Å². The molecule has 1 aromatic carbocycles. The Morgan fingerprint density at radius 3 is 2.75 bits per heavy atom. The molecule has 1 aromatic heterocycles. The summed E-state index contributed by atoms with van der Waals surface area (Å²) >= 11 is 4.94. The van der Waals surface area contributed by atoms with Crippen LogP contribution in [0.1, 0.15) is 22.5 Å². The fourth-order valence-corrected chi connectivity index (χ4v) is 2.06. The molecule has 0 aliphatic carbocycles. The van der Waals surface area contributed by atoms with Gasteiger partial charge in [0.05, 0.1) is 0 Å².